The third kappa shape index (κ3) is 4.19. The average molecular weight is 365 g/mol. The Bertz CT molecular complexity index is 1030. The number of aryl methyl sites for hydroxylation is 1. The van der Waals surface area contributed by atoms with Crippen molar-refractivity contribution >= 4 is 28.2 Å². The molecule has 0 aliphatic carbocycles. The molecule has 0 amide bonds. The summed E-state index contributed by atoms with van der Waals surface area (Å²) in [5.41, 5.74) is -0.242. The molecular weight excluding hydrogens is 346 g/mol. The Morgan fingerprint density at radius 1 is 1.37 bits per heavy atom. The summed E-state index contributed by atoms with van der Waals surface area (Å²) in [5, 5.41) is 25.4. The van der Waals surface area contributed by atoms with Gasteiger partial charge >= 0.3 is 0 Å². The van der Waals surface area contributed by atoms with Crippen LogP contribution in [0.25, 0.3) is 10.8 Å². The number of fused-ring (bicyclic) bond motifs is 1. The lowest BCUT2D eigenvalue weighted by atomic mass is 10.2. The lowest BCUT2D eigenvalue weighted by Crippen LogP contribution is -2.25. The molecule has 0 saturated carbocycles. The minimum Gasteiger partial charge on any atom is -0.394 e. The highest BCUT2D eigenvalue weighted by molar-refractivity contribution is 5.93. The third-order valence-electron chi connectivity index (χ3n) is 3.90. The van der Waals surface area contributed by atoms with Gasteiger partial charge in [0, 0.05) is 31.2 Å². The molecule has 138 valence electrons. The number of hydrogen-bond donors (Lipinski definition) is 3. The Morgan fingerprint density at radius 3 is 2.93 bits per heavy atom. The van der Waals surface area contributed by atoms with Crippen molar-refractivity contribution in [3.63, 3.8) is 0 Å². The molecule has 0 spiro atoms. The molecule has 0 bridgehead atoms. The molecular formula is C18H19N7O2. The second kappa shape index (κ2) is 8.25. The smallest absolute Gasteiger partial charge is 0.262 e. The van der Waals surface area contributed by atoms with Gasteiger partial charge in [0.2, 0.25) is 0 Å². The van der Waals surface area contributed by atoms with Gasteiger partial charge in [0.25, 0.3) is 5.56 Å². The van der Waals surface area contributed by atoms with E-state index in [-0.39, 0.29) is 24.6 Å². The first-order valence-corrected chi connectivity index (χ1v) is 8.44. The fourth-order valence-electron chi connectivity index (χ4n) is 2.59. The van der Waals surface area contributed by atoms with E-state index in [1.165, 1.54) is 4.57 Å². The summed E-state index contributed by atoms with van der Waals surface area (Å²) in [6, 6.07) is 5.29. The molecule has 0 radical (unpaired) electrons. The summed E-state index contributed by atoms with van der Waals surface area (Å²) >= 11 is 0. The van der Waals surface area contributed by atoms with E-state index >= 15 is 0 Å². The molecule has 3 N–H and O–H groups in total. The highest BCUT2D eigenvalue weighted by atomic mass is 16.3. The number of aromatic nitrogens is 4. The van der Waals surface area contributed by atoms with Gasteiger partial charge in [0.05, 0.1) is 30.7 Å². The predicted octanol–water partition coefficient (Wildman–Crippen LogP) is 1.64. The van der Waals surface area contributed by atoms with E-state index in [1.807, 2.05) is 6.07 Å². The Balaban J connectivity index is 2.10. The number of rotatable bonds is 7. The fourth-order valence-corrected chi connectivity index (χ4v) is 2.59. The zero-order chi connectivity index (χ0) is 19.2. The van der Waals surface area contributed by atoms with Crippen molar-refractivity contribution in [2.24, 2.45) is 0 Å². The van der Waals surface area contributed by atoms with Crippen molar-refractivity contribution in [2.75, 3.05) is 17.2 Å². The van der Waals surface area contributed by atoms with Gasteiger partial charge in [-0.1, -0.05) is 0 Å². The van der Waals surface area contributed by atoms with Crippen molar-refractivity contribution in [3.05, 3.63) is 47.3 Å². The van der Waals surface area contributed by atoms with E-state index in [1.54, 1.807) is 43.8 Å². The predicted molar refractivity (Wildman–Crippen MR) is 102 cm³/mol. The van der Waals surface area contributed by atoms with E-state index in [9.17, 15) is 9.90 Å². The monoisotopic (exact) mass is 365 g/mol. The second-order valence-corrected chi connectivity index (χ2v) is 5.99. The fraction of sp³-hybridized carbons (Fsp3) is 0.278. The van der Waals surface area contributed by atoms with Crippen molar-refractivity contribution < 1.29 is 5.11 Å². The molecule has 9 nitrogen and oxygen atoms in total. The van der Waals surface area contributed by atoms with Gasteiger partial charge in [-0.3, -0.25) is 9.78 Å². The van der Waals surface area contributed by atoms with E-state index < -0.39 is 0 Å². The highest BCUT2D eigenvalue weighted by Crippen LogP contribution is 2.24. The first kappa shape index (κ1) is 18.3. The molecule has 1 atom stereocenters. The summed E-state index contributed by atoms with van der Waals surface area (Å²) in [6.07, 6.45) is 6.59. The van der Waals surface area contributed by atoms with Crippen molar-refractivity contribution in [3.8, 4) is 6.07 Å². The van der Waals surface area contributed by atoms with Crippen LogP contribution < -0.4 is 16.2 Å². The lowest BCUT2D eigenvalue weighted by Gasteiger charge is -2.16. The number of anilines is 3. The zero-order valence-electron chi connectivity index (χ0n) is 14.8. The molecule has 9 heteroatoms. The first-order valence-electron chi connectivity index (χ1n) is 8.44. The maximum Gasteiger partial charge on any atom is 0.262 e. The van der Waals surface area contributed by atoms with E-state index in [0.717, 1.165) is 0 Å². The van der Waals surface area contributed by atoms with Crippen molar-refractivity contribution in [1.29, 1.82) is 5.26 Å². The molecule has 3 heterocycles. The van der Waals surface area contributed by atoms with Gasteiger partial charge in [0.1, 0.15) is 17.5 Å². The Hall–Kier alpha value is -3.51. The normalized spacial score (nSPS) is 11.7. The van der Waals surface area contributed by atoms with Crippen molar-refractivity contribution in [2.45, 2.75) is 25.9 Å². The molecule has 27 heavy (non-hydrogen) atoms. The summed E-state index contributed by atoms with van der Waals surface area (Å²) in [6.45, 7) is 1.98. The van der Waals surface area contributed by atoms with Crippen LogP contribution in [0.15, 0.2) is 41.7 Å². The minimum atomic E-state index is -0.292. The van der Waals surface area contributed by atoms with Gasteiger partial charge in [-0.05, 0) is 24.4 Å². The van der Waals surface area contributed by atoms with E-state index in [2.05, 4.69) is 25.6 Å². The van der Waals surface area contributed by atoms with Crippen LogP contribution in [0, 0.1) is 11.3 Å². The van der Waals surface area contributed by atoms with Gasteiger partial charge in [0.15, 0.2) is 0 Å². The Labute approximate surface area is 155 Å². The molecule has 0 aliphatic heterocycles. The van der Waals surface area contributed by atoms with Crippen molar-refractivity contribution in [1.82, 2.24) is 19.5 Å². The minimum absolute atomic E-state index is 0.111. The lowest BCUT2D eigenvalue weighted by molar-refractivity contribution is 0.281. The van der Waals surface area contributed by atoms with Crippen LogP contribution >= 0.6 is 0 Å². The number of nitrogens with zero attached hydrogens (tertiary/aromatic N) is 5. The van der Waals surface area contributed by atoms with Gasteiger partial charge in [-0.15, -0.1) is 0 Å². The van der Waals surface area contributed by atoms with Crippen LogP contribution in [0.4, 0.5) is 17.5 Å². The summed E-state index contributed by atoms with van der Waals surface area (Å²) < 4.78 is 1.48. The number of nitriles is 1. The molecule has 0 unspecified atom stereocenters. The molecule has 3 aromatic heterocycles. The third-order valence-corrected chi connectivity index (χ3v) is 3.90. The molecule has 3 rings (SSSR count). The maximum atomic E-state index is 12.9. The molecule has 0 saturated heterocycles. The number of hydrogen-bond acceptors (Lipinski definition) is 8. The summed E-state index contributed by atoms with van der Waals surface area (Å²) in [7, 11) is 0. The number of nitrogens with one attached hydrogen (secondary N) is 2. The van der Waals surface area contributed by atoms with Crippen LogP contribution in [-0.2, 0) is 6.54 Å². The Kier molecular flexibility index (Phi) is 5.58. The van der Waals surface area contributed by atoms with Gasteiger partial charge in [-0.25, -0.2) is 9.97 Å². The summed E-state index contributed by atoms with van der Waals surface area (Å²) in [5.74, 6) is 1.37. The number of pyridine rings is 2. The second-order valence-electron chi connectivity index (χ2n) is 5.99. The first-order chi connectivity index (χ1) is 13.1. The number of aliphatic hydroxyl groups is 1. The number of aliphatic hydroxyl groups excluding tert-OH is 1. The largest absolute Gasteiger partial charge is 0.394 e. The Morgan fingerprint density at radius 2 is 2.22 bits per heavy atom. The SMILES string of the molecule is C[C@@H](CO)Nc1nc(Nc2cnccn2)cc2ccn(CCC#N)c(=O)c12. The van der Waals surface area contributed by atoms with Gasteiger partial charge in [-0.2, -0.15) is 5.26 Å². The van der Waals surface area contributed by atoms with Crippen LogP contribution in [0.5, 0.6) is 0 Å². The standard InChI is InChI=1S/C18H19N7O2/c1-12(11-26)22-17-16-13(3-8-25(18(16)27)7-2-4-19)9-14(24-17)23-15-10-20-5-6-21-15/h3,5-6,8-10,12,26H,2,7,11H2,1H3,(H2,21,22,23,24)/t12-/m0/s1. The molecule has 3 aromatic rings. The quantitative estimate of drug-likeness (QED) is 0.576. The van der Waals surface area contributed by atoms with Gasteiger partial charge < -0.3 is 20.3 Å². The van der Waals surface area contributed by atoms with Crippen LogP contribution in [0.2, 0.25) is 0 Å². The molecule has 0 aromatic carbocycles. The average Bonchev–Trinajstić information content (AvgIpc) is 2.68. The van der Waals surface area contributed by atoms with Crippen LogP contribution in [0.3, 0.4) is 0 Å². The van der Waals surface area contributed by atoms with E-state index in [0.29, 0.717) is 34.8 Å². The van der Waals surface area contributed by atoms with Crippen LogP contribution in [0.1, 0.15) is 13.3 Å². The summed E-state index contributed by atoms with van der Waals surface area (Å²) in [4.78, 5) is 25.5. The topological polar surface area (TPSA) is 129 Å². The van der Waals surface area contributed by atoms with E-state index in [4.69, 9.17) is 5.26 Å². The molecule has 0 aliphatic rings. The molecule has 0 fully saturated rings. The maximum absolute atomic E-state index is 12.9. The highest BCUT2D eigenvalue weighted by Gasteiger charge is 2.14. The zero-order valence-corrected chi connectivity index (χ0v) is 14.8. The van der Waals surface area contributed by atoms with Crippen LogP contribution in [-0.4, -0.2) is 37.3 Å².